The van der Waals surface area contributed by atoms with Crippen molar-refractivity contribution >= 4 is 17.8 Å². The molecule has 0 unspecified atom stereocenters. The molecule has 0 aliphatic carbocycles. The number of hydrogen-bond donors (Lipinski definition) is 2. The van der Waals surface area contributed by atoms with E-state index in [1.54, 1.807) is 24.3 Å². The number of benzene rings is 4. The summed E-state index contributed by atoms with van der Waals surface area (Å²) in [5.74, 6) is -1.37. The fraction of sp³-hybridized carbons (Fsp3) is 0.0667. The quantitative estimate of drug-likeness (QED) is 0.209. The maximum absolute atomic E-state index is 12.9. The zero-order chi connectivity index (χ0) is 25.3. The van der Waals surface area contributed by atoms with Crippen LogP contribution in [0.2, 0.25) is 0 Å². The SMILES string of the molecule is O=C(O)c1ccc(/C=C/C(=O)c2ccc(OCc3ccccc3)c(OCc3ccccc3)c2O)cc1. The lowest BCUT2D eigenvalue weighted by molar-refractivity contribution is 0.0696. The Bertz CT molecular complexity index is 1360. The van der Waals surface area contributed by atoms with Crippen molar-refractivity contribution < 1.29 is 29.3 Å². The first-order valence-corrected chi connectivity index (χ1v) is 11.3. The summed E-state index contributed by atoms with van der Waals surface area (Å²) in [6.45, 7) is 0.445. The average molecular weight is 481 g/mol. The lowest BCUT2D eigenvalue weighted by Crippen LogP contribution is -2.04. The molecule has 0 bridgehead atoms. The molecule has 0 fully saturated rings. The molecule has 0 radical (unpaired) electrons. The van der Waals surface area contributed by atoms with Gasteiger partial charge in [-0.15, -0.1) is 0 Å². The van der Waals surface area contributed by atoms with Gasteiger partial charge in [0, 0.05) is 0 Å². The summed E-state index contributed by atoms with van der Waals surface area (Å²) in [6, 6.07) is 28.3. The maximum Gasteiger partial charge on any atom is 0.335 e. The third-order valence-corrected chi connectivity index (χ3v) is 5.41. The molecule has 6 nitrogen and oxygen atoms in total. The second kappa shape index (κ2) is 11.5. The lowest BCUT2D eigenvalue weighted by Gasteiger charge is -2.16. The van der Waals surface area contributed by atoms with E-state index < -0.39 is 11.8 Å². The van der Waals surface area contributed by atoms with Crippen LogP contribution in [0.25, 0.3) is 6.08 Å². The largest absolute Gasteiger partial charge is 0.504 e. The molecule has 6 heteroatoms. The van der Waals surface area contributed by atoms with Gasteiger partial charge in [-0.05, 0) is 47.0 Å². The van der Waals surface area contributed by atoms with Crippen LogP contribution in [0.15, 0.2) is 103 Å². The Hall–Kier alpha value is -4.84. The third kappa shape index (κ3) is 6.18. The predicted octanol–water partition coefficient (Wildman–Crippen LogP) is 6.14. The summed E-state index contributed by atoms with van der Waals surface area (Å²) in [5.41, 5.74) is 2.71. The third-order valence-electron chi connectivity index (χ3n) is 5.41. The summed E-state index contributed by atoms with van der Waals surface area (Å²) < 4.78 is 11.8. The van der Waals surface area contributed by atoms with E-state index in [9.17, 15) is 14.7 Å². The molecular formula is C30H24O6. The van der Waals surface area contributed by atoms with Crippen molar-refractivity contribution in [1.29, 1.82) is 0 Å². The standard InChI is InChI=1S/C30H24O6/c31-26(17-13-21-11-14-24(15-12-21)30(33)34)25-16-18-27(35-19-22-7-3-1-4-8-22)29(28(25)32)36-20-23-9-5-2-6-10-23/h1-18,32H,19-20H2,(H,33,34)/b17-13+. The molecule has 4 rings (SSSR count). The molecule has 0 spiro atoms. The predicted molar refractivity (Wildman–Crippen MR) is 136 cm³/mol. The van der Waals surface area contributed by atoms with Crippen LogP contribution in [-0.2, 0) is 13.2 Å². The highest BCUT2D eigenvalue weighted by Crippen LogP contribution is 2.40. The Kier molecular flexibility index (Phi) is 7.78. The average Bonchev–Trinajstić information content (AvgIpc) is 2.91. The number of aromatic hydroxyl groups is 1. The van der Waals surface area contributed by atoms with Crippen LogP contribution in [0.4, 0.5) is 0 Å². The minimum Gasteiger partial charge on any atom is -0.504 e. The normalized spacial score (nSPS) is 10.8. The second-order valence-corrected chi connectivity index (χ2v) is 7.96. The van der Waals surface area contributed by atoms with E-state index in [4.69, 9.17) is 14.6 Å². The smallest absolute Gasteiger partial charge is 0.335 e. The summed E-state index contributed by atoms with van der Waals surface area (Å²) in [4.78, 5) is 23.9. The first kappa shape index (κ1) is 24.3. The van der Waals surface area contributed by atoms with Gasteiger partial charge in [-0.3, -0.25) is 4.79 Å². The van der Waals surface area contributed by atoms with E-state index in [1.807, 2.05) is 60.7 Å². The van der Waals surface area contributed by atoms with Crippen molar-refractivity contribution in [2.45, 2.75) is 13.2 Å². The van der Waals surface area contributed by atoms with Gasteiger partial charge in [-0.25, -0.2) is 4.79 Å². The highest BCUT2D eigenvalue weighted by atomic mass is 16.5. The van der Waals surface area contributed by atoms with Crippen LogP contribution in [0.3, 0.4) is 0 Å². The number of carbonyl (C=O) groups excluding carboxylic acids is 1. The Morgan fingerprint density at radius 1 is 0.722 bits per heavy atom. The van der Waals surface area contributed by atoms with E-state index in [-0.39, 0.29) is 35.8 Å². The van der Waals surface area contributed by atoms with Gasteiger partial charge in [0.15, 0.2) is 17.3 Å². The van der Waals surface area contributed by atoms with Crippen molar-refractivity contribution in [3.8, 4) is 17.2 Å². The molecule has 0 aromatic heterocycles. The van der Waals surface area contributed by atoms with Gasteiger partial charge in [-0.2, -0.15) is 0 Å². The number of carboxylic acid groups (broad SMARTS) is 1. The van der Waals surface area contributed by atoms with E-state index in [0.29, 0.717) is 11.3 Å². The number of ether oxygens (including phenoxy) is 2. The number of carbonyl (C=O) groups is 2. The molecule has 4 aromatic rings. The molecule has 2 N–H and O–H groups in total. The molecule has 0 heterocycles. The Morgan fingerprint density at radius 3 is 1.89 bits per heavy atom. The van der Waals surface area contributed by atoms with Gasteiger partial charge in [0.1, 0.15) is 13.2 Å². The molecule has 0 aliphatic heterocycles. The zero-order valence-corrected chi connectivity index (χ0v) is 19.3. The monoisotopic (exact) mass is 480 g/mol. The highest BCUT2D eigenvalue weighted by Gasteiger charge is 2.19. The number of carboxylic acids is 1. The Labute approximate surface area is 208 Å². The van der Waals surface area contributed by atoms with Gasteiger partial charge in [0.25, 0.3) is 0 Å². The molecule has 0 saturated heterocycles. The summed E-state index contributed by atoms with van der Waals surface area (Å²) in [5, 5.41) is 20.0. The number of phenols is 1. The van der Waals surface area contributed by atoms with Crippen molar-refractivity contribution in [3.05, 3.63) is 131 Å². The van der Waals surface area contributed by atoms with Crippen molar-refractivity contribution in [2.75, 3.05) is 0 Å². The number of allylic oxidation sites excluding steroid dienone is 1. The van der Waals surface area contributed by atoms with Crippen LogP contribution in [0.1, 0.15) is 37.4 Å². The molecule has 36 heavy (non-hydrogen) atoms. The van der Waals surface area contributed by atoms with Gasteiger partial charge < -0.3 is 19.7 Å². The first-order valence-electron chi connectivity index (χ1n) is 11.3. The fourth-order valence-corrected chi connectivity index (χ4v) is 3.47. The Balaban J connectivity index is 1.57. The van der Waals surface area contributed by atoms with E-state index in [2.05, 4.69) is 0 Å². The fourth-order valence-electron chi connectivity index (χ4n) is 3.47. The summed E-state index contributed by atoms with van der Waals surface area (Å²) in [6.07, 6.45) is 2.87. The van der Waals surface area contributed by atoms with Crippen molar-refractivity contribution in [3.63, 3.8) is 0 Å². The molecule has 4 aromatic carbocycles. The maximum atomic E-state index is 12.9. The van der Waals surface area contributed by atoms with Gasteiger partial charge >= 0.3 is 5.97 Å². The topological polar surface area (TPSA) is 93.1 Å². The highest BCUT2D eigenvalue weighted by molar-refractivity contribution is 6.09. The van der Waals surface area contributed by atoms with Gasteiger partial charge in [-0.1, -0.05) is 78.9 Å². The lowest BCUT2D eigenvalue weighted by atomic mass is 10.1. The molecule has 180 valence electrons. The first-order chi connectivity index (χ1) is 17.5. The van der Waals surface area contributed by atoms with Crippen molar-refractivity contribution in [1.82, 2.24) is 0 Å². The number of ketones is 1. The van der Waals surface area contributed by atoms with Crippen LogP contribution in [0.5, 0.6) is 17.2 Å². The number of hydrogen-bond acceptors (Lipinski definition) is 5. The van der Waals surface area contributed by atoms with E-state index in [0.717, 1.165) is 11.1 Å². The number of aromatic carboxylic acids is 1. The molecule has 0 amide bonds. The number of phenolic OH excluding ortho intramolecular Hbond substituents is 1. The number of rotatable bonds is 10. The zero-order valence-electron chi connectivity index (χ0n) is 19.3. The molecule has 0 atom stereocenters. The van der Waals surface area contributed by atoms with Crippen LogP contribution >= 0.6 is 0 Å². The molecule has 0 aliphatic rings. The van der Waals surface area contributed by atoms with Crippen molar-refractivity contribution in [2.24, 2.45) is 0 Å². The molecular weight excluding hydrogens is 456 g/mol. The van der Waals surface area contributed by atoms with Gasteiger partial charge in [0.05, 0.1) is 11.1 Å². The van der Waals surface area contributed by atoms with Gasteiger partial charge in [0.2, 0.25) is 5.75 Å². The molecule has 0 saturated carbocycles. The van der Waals surface area contributed by atoms with E-state index in [1.165, 1.54) is 24.3 Å². The summed E-state index contributed by atoms with van der Waals surface area (Å²) in [7, 11) is 0. The Morgan fingerprint density at radius 2 is 1.31 bits per heavy atom. The van der Waals surface area contributed by atoms with Crippen LogP contribution < -0.4 is 9.47 Å². The van der Waals surface area contributed by atoms with Crippen LogP contribution in [0, 0.1) is 0 Å². The minimum atomic E-state index is -1.02. The second-order valence-electron chi connectivity index (χ2n) is 7.96. The minimum absolute atomic E-state index is 0.0588. The van der Waals surface area contributed by atoms with E-state index >= 15 is 0 Å². The summed E-state index contributed by atoms with van der Waals surface area (Å²) >= 11 is 0. The van der Waals surface area contributed by atoms with Crippen LogP contribution in [-0.4, -0.2) is 22.0 Å².